The van der Waals surface area contributed by atoms with Crippen LogP contribution in [0.5, 0.6) is 0 Å². The second-order valence-electron chi connectivity index (χ2n) is 10.0. The van der Waals surface area contributed by atoms with Crippen molar-refractivity contribution < 1.29 is 28.8 Å². The Morgan fingerprint density at radius 1 is 0.727 bits per heavy atom. The summed E-state index contributed by atoms with van der Waals surface area (Å²) in [7, 11) is 0. The fourth-order valence-electron chi connectivity index (χ4n) is 5.32. The number of imide groups is 2. The van der Waals surface area contributed by atoms with Crippen LogP contribution in [0.3, 0.4) is 0 Å². The van der Waals surface area contributed by atoms with Gasteiger partial charge in [0.05, 0.1) is 4.66 Å². The zero-order valence-corrected chi connectivity index (χ0v) is 29.8. The molecule has 0 aliphatic carbocycles. The zero-order valence-electron chi connectivity index (χ0n) is 23.3. The van der Waals surface area contributed by atoms with Gasteiger partial charge in [0.15, 0.2) is 0 Å². The van der Waals surface area contributed by atoms with Crippen LogP contribution in [0.4, 0.5) is 0 Å². The average molecular weight is 833 g/mol. The number of carbonyl (C=O) groups excluding carboxylic acids is 6. The van der Waals surface area contributed by atoms with E-state index in [4.69, 9.17) is 0 Å². The van der Waals surface area contributed by atoms with Crippen molar-refractivity contribution in [1.29, 1.82) is 0 Å². The maximum absolute atomic E-state index is 12.5. The van der Waals surface area contributed by atoms with Gasteiger partial charge in [-0.2, -0.15) is 0 Å². The van der Waals surface area contributed by atoms with Crippen molar-refractivity contribution in [3.63, 3.8) is 0 Å². The lowest BCUT2D eigenvalue weighted by Gasteiger charge is -2.29. The highest BCUT2D eigenvalue weighted by Crippen LogP contribution is 2.35. The maximum atomic E-state index is 12.5. The number of benzene rings is 2. The van der Waals surface area contributed by atoms with E-state index in [1.165, 1.54) is 4.90 Å². The Bertz CT molecular complexity index is 1490. The average Bonchev–Trinajstić information content (AvgIpc) is 3.52. The molecular weight excluding hydrogens is 804 g/mol. The van der Waals surface area contributed by atoms with Crippen molar-refractivity contribution in [3.05, 3.63) is 58.7 Å². The molecule has 0 bridgehead atoms. The fraction of sp³-hybridized carbons (Fsp3) is 0.379. The molecule has 0 radical (unpaired) electrons. The van der Waals surface area contributed by atoms with Crippen molar-refractivity contribution in [3.8, 4) is 0 Å². The van der Waals surface area contributed by atoms with E-state index in [-0.39, 0.29) is 42.4 Å². The number of hydrogen-bond donors (Lipinski definition) is 3. The van der Waals surface area contributed by atoms with E-state index in [1.54, 1.807) is 34.9 Å². The van der Waals surface area contributed by atoms with Crippen LogP contribution in [0, 0.1) is 0 Å². The molecule has 234 valence electrons. The minimum absolute atomic E-state index is 0.128. The molecule has 4 aliphatic rings. The highest BCUT2D eigenvalue weighted by Gasteiger charge is 2.41. The molecule has 2 atom stereocenters. The number of nitrogens with zero attached hydrogens (tertiary/aromatic N) is 2. The molecule has 2 N–H and O–H groups in total. The fourth-order valence-corrected chi connectivity index (χ4v) is 6.98. The minimum Gasteiger partial charge on any atom is -0.322 e. The number of nitrogens with one attached hydrogen (secondary N) is 2. The lowest BCUT2D eigenvalue weighted by Crippen LogP contribution is -2.52. The molecule has 2 aromatic carbocycles. The number of fused-ring (bicyclic) bond motifs is 2. The van der Waals surface area contributed by atoms with Crippen LogP contribution in [0.1, 0.15) is 57.5 Å². The zero-order chi connectivity index (χ0) is 32.0. The molecular formula is C29H29Br3N4O6S2. The normalized spacial score (nSPS) is 20.6. The molecule has 10 nitrogen and oxygen atoms in total. The predicted octanol–water partition coefficient (Wildman–Crippen LogP) is 4.40. The third-order valence-corrected chi connectivity index (χ3v) is 11.1. The third-order valence-electron chi connectivity index (χ3n) is 7.38. The first-order chi connectivity index (χ1) is 21.1. The van der Waals surface area contributed by atoms with Crippen molar-refractivity contribution in [1.82, 2.24) is 20.4 Å². The molecule has 15 heteroatoms. The number of piperidine rings is 2. The Morgan fingerprint density at radius 2 is 1.20 bits per heavy atom. The quantitative estimate of drug-likeness (QED) is 0.176. The van der Waals surface area contributed by atoms with E-state index in [9.17, 15) is 28.8 Å². The molecule has 44 heavy (non-hydrogen) atoms. The lowest BCUT2D eigenvalue weighted by molar-refractivity contribution is -0.138. The van der Waals surface area contributed by atoms with E-state index >= 15 is 0 Å². The van der Waals surface area contributed by atoms with Crippen LogP contribution < -0.4 is 10.6 Å². The molecule has 4 aliphatic heterocycles. The first-order valence-electron chi connectivity index (χ1n) is 13.6. The molecule has 4 heterocycles. The molecule has 2 fully saturated rings. The summed E-state index contributed by atoms with van der Waals surface area (Å²) in [4.78, 5) is 75.9. The molecule has 2 unspecified atom stereocenters. The van der Waals surface area contributed by atoms with Gasteiger partial charge in [-0.25, -0.2) is 0 Å². The minimum atomic E-state index is -0.565. The van der Waals surface area contributed by atoms with Crippen molar-refractivity contribution in [2.24, 2.45) is 0 Å². The number of carbonyl (C=O) groups is 6. The Labute approximate surface area is 289 Å². The first kappa shape index (κ1) is 34.7. The summed E-state index contributed by atoms with van der Waals surface area (Å²) in [6.07, 6.45) is 1.32. The second kappa shape index (κ2) is 15.9. The molecule has 0 spiro atoms. The van der Waals surface area contributed by atoms with E-state index in [0.29, 0.717) is 37.1 Å². The predicted molar refractivity (Wildman–Crippen MR) is 179 cm³/mol. The Kier molecular flexibility index (Phi) is 12.5. The number of amides is 6. The van der Waals surface area contributed by atoms with E-state index in [0.717, 1.165) is 36.2 Å². The number of thioether (sulfide) groups is 1. The third kappa shape index (κ3) is 7.77. The van der Waals surface area contributed by atoms with Gasteiger partial charge in [-0.1, -0.05) is 59.9 Å². The monoisotopic (exact) mass is 830 g/mol. The number of alkyl halides is 3. The number of rotatable bonds is 5. The summed E-state index contributed by atoms with van der Waals surface area (Å²) < 4.78 is 0.746. The SMILES string of the molecule is BrCCBr.O=C1CCC(N2Cc3c(S)cccc3C2=O)C(=O)N1.O=C1CCC(N2Cc3c(SCBr)cccc3C2=O)C(=O)N1. The number of hydrogen-bond acceptors (Lipinski definition) is 8. The van der Waals surface area contributed by atoms with Crippen molar-refractivity contribution >= 4 is 108 Å². The van der Waals surface area contributed by atoms with Gasteiger partial charge in [-0.05, 0) is 48.2 Å². The molecule has 2 saturated heterocycles. The summed E-state index contributed by atoms with van der Waals surface area (Å²) in [5.74, 6) is -1.60. The highest BCUT2D eigenvalue weighted by atomic mass is 79.9. The summed E-state index contributed by atoms with van der Waals surface area (Å²) >= 11 is 15.7. The van der Waals surface area contributed by atoms with Gasteiger partial charge in [0.1, 0.15) is 12.1 Å². The van der Waals surface area contributed by atoms with Crippen molar-refractivity contribution in [2.45, 2.75) is 60.6 Å². The molecule has 0 saturated carbocycles. The first-order valence-corrected chi connectivity index (χ1v) is 18.4. The molecule has 6 amide bonds. The largest absolute Gasteiger partial charge is 0.322 e. The van der Waals surface area contributed by atoms with Crippen LogP contribution in [0.15, 0.2) is 46.2 Å². The summed E-state index contributed by atoms with van der Waals surface area (Å²) in [6, 6.07) is 9.85. The van der Waals surface area contributed by atoms with Gasteiger partial charge in [-0.3, -0.25) is 39.4 Å². The van der Waals surface area contributed by atoms with Crippen LogP contribution in [-0.2, 0) is 32.3 Å². The molecule has 6 rings (SSSR count). The Balaban J connectivity index is 0.000000180. The van der Waals surface area contributed by atoms with E-state index in [2.05, 4.69) is 71.1 Å². The van der Waals surface area contributed by atoms with Crippen LogP contribution >= 0.6 is 72.2 Å². The van der Waals surface area contributed by atoms with Gasteiger partial charge in [0, 0.05) is 57.5 Å². The van der Waals surface area contributed by atoms with Crippen LogP contribution in [0.25, 0.3) is 0 Å². The van der Waals surface area contributed by atoms with Gasteiger partial charge in [0.25, 0.3) is 11.8 Å². The lowest BCUT2D eigenvalue weighted by atomic mass is 10.0. The van der Waals surface area contributed by atoms with E-state index in [1.807, 2.05) is 18.2 Å². The van der Waals surface area contributed by atoms with Crippen LogP contribution in [0.2, 0.25) is 0 Å². The topological polar surface area (TPSA) is 133 Å². The smallest absolute Gasteiger partial charge is 0.255 e. The standard InChI is InChI=1S/C14H13BrN2O3S.C13H12N2O3S.C2H4Br2/c15-7-21-11-3-1-2-8-9(11)6-17(14(8)20)10-4-5-12(18)16-13(10)19;16-11-5-4-9(12(17)14-11)15-6-8-7(13(15)18)2-1-3-10(8)19;3-1-2-4/h1-3,10H,4-7H2,(H,16,18,19);1-3,9,19H,4-6H2,(H,14,16,17);1-2H2. The maximum Gasteiger partial charge on any atom is 0.255 e. The molecule has 0 aromatic heterocycles. The highest BCUT2D eigenvalue weighted by molar-refractivity contribution is 9.12. The second-order valence-corrected chi connectivity index (χ2v) is 14.4. The molecule has 2 aromatic rings. The van der Waals surface area contributed by atoms with Gasteiger partial charge < -0.3 is 9.80 Å². The summed E-state index contributed by atoms with van der Waals surface area (Å²) in [6.45, 7) is 0.802. The van der Waals surface area contributed by atoms with Crippen molar-refractivity contribution in [2.75, 3.05) is 15.3 Å². The Hall–Kier alpha value is -2.20. The van der Waals surface area contributed by atoms with Crippen LogP contribution in [-0.4, -0.2) is 72.6 Å². The van der Waals surface area contributed by atoms with E-state index < -0.39 is 18.0 Å². The summed E-state index contributed by atoms with van der Waals surface area (Å²) in [5, 5.41) is 6.68. The number of halogens is 3. The summed E-state index contributed by atoms with van der Waals surface area (Å²) in [5.41, 5.74) is 3.07. The van der Waals surface area contributed by atoms with Gasteiger partial charge in [-0.15, -0.1) is 24.4 Å². The van der Waals surface area contributed by atoms with Gasteiger partial charge >= 0.3 is 0 Å². The van der Waals surface area contributed by atoms with Gasteiger partial charge in [0.2, 0.25) is 23.6 Å². The number of thiol groups is 1. The Morgan fingerprint density at radius 3 is 1.66 bits per heavy atom.